The van der Waals surface area contributed by atoms with E-state index in [1.807, 2.05) is 37.3 Å². The van der Waals surface area contributed by atoms with Crippen LogP contribution in [-0.2, 0) is 26.5 Å². The van der Waals surface area contributed by atoms with E-state index < -0.39 is 8.07 Å². The van der Waals surface area contributed by atoms with Gasteiger partial charge in [0.1, 0.15) is 0 Å². The van der Waals surface area contributed by atoms with Crippen molar-refractivity contribution in [1.29, 1.82) is 0 Å². The van der Waals surface area contributed by atoms with Crippen molar-refractivity contribution in [1.82, 2.24) is 19.5 Å². The van der Waals surface area contributed by atoms with Crippen LogP contribution in [0.1, 0.15) is 82.7 Å². The van der Waals surface area contributed by atoms with E-state index in [9.17, 15) is 0 Å². The average molecular weight is 997 g/mol. The molecular weight excluding hydrogens is 941 g/mol. The van der Waals surface area contributed by atoms with E-state index in [4.69, 9.17) is 14.4 Å². The quantitative estimate of drug-likeness (QED) is 0.118. The molecule has 0 N–H and O–H groups in total. The van der Waals surface area contributed by atoms with Crippen molar-refractivity contribution in [3.63, 3.8) is 0 Å². The number of hydrogen-bond acceptors (Lipinski definition) is 4. The number of hydrogen-bond donors (Lipinski definition) is 0. The third-order valence-electron chi connectivity index (χ3n) is 11.2. The van der Waals surface area contributed by atoms with Crippen LogP contribution < -0.4 is 5.19 Å². The summed E-state index contributed by atoms with van der Waals surface area (Å²) in [7, 11) is -1.37. The summed E-state index contributed by atoms with van der Waals surface area (Å²) in [6, 6.07) is 44.8. The summed E-state index contributed by atoms with van der Waals surface area (Å²) < 4.78 is 8.79. The Kier molecular flexibility index (Phi) is 12.4. The molecule has 0 fully saturated rings. The smallest absolute Gasteiger partial charge is 0.216 e. The van der Waals surface area contributed by atoms with Gasteiger partial charge < -0.3 is 14.0 Å². The zero-order valence-corrected chi connectivity index (χ0v) is 40.8. The molecule has 9 aromatic rings. The summed E-state index contributed by atoms with van der Waals surface area (Å²) in [5, 5.41) is 6.06. The van der Waals surface area contributed by atoms with Gasteiger partial charge in [0.2, 0.25) is 5.71 Å². The van der Waals surface area contributed by atoms with Crippen molar-refractivity contribution in [2.24, 2.45) is 5.41 Å². The van der Waals surface area contributed by atoms with Gasteiger partial charge in [-0.2, -0.15) is 0 Å². The van der Waals surface area contributed by atoms with E-state index in [1.165, 1.54) is 38.3 Å². The Morgan fingerprint density at radius 3 is 2.20 bits per heavy atom. The molecule has 5 aromatic carbocycles. The van der Waals surface area contributed by atoms with Gasteiger partial charge >= 0.3 is 0 Å². The number of benzene rings is 5. The van der Waals surface area contributed by atoms with Crippen LogP contribution in [0.25, 0.3) is 72.2 Å². The fourth-order valence-corrected chi connectivity index (χ4v) is 10.1. The van der Waals surface area contributed by atoms with Gasteiger partial charge in [-0.1, -0.05) is 127 Å². The number of pyridine rings is 2. The summed E-state index contributed by atoms with van der Waals surface area (Å²) >= 11 is 0. The van der Waals surface area contributed by atoms with Crippen LogP contribution in [0, 0.1) is 24.5 Å². The van der Waals surface area contributed by atoms with Crippen molar-refractivity contribution < 1.29 is 24.5 Å². The molecule has 7 heteroatoms. The molecule has 0 saturated carbocycles. The molecule has 0 aliphatic rings. The maximum absolute atomic E-state index is 6.44. The van der Waals surface area contributed by atoms with Gasteiger partial charge in [-0.25, -0.2) is 4.98 Å². The minimum absolute atomic E-state index is 0. The Hall–Kier alpha value is -5.20. The third kappa shape index (κ3) is 8.79. The largest absolute Gasteiger partial charge is 0.486 e. The zero-order valence-electron chi connectivity index (χ0n) is 37.4. The van der Waals surface area contributed by atoms with Gasteiger partial charge in [0.15, 0.2) is 0 Å². The number of fused-ring (bicyclic) bond motifs is 5. The van der Waals surface area contributed by atoms with Crippen LogP contribution in [0.2, 0.25) is 19.6 Å². The molecule has 0 bridgehead atoms. The molecule has 0 amide bonds. The van der Waals surface area contributed by atoms with Gasteiger partial charge in [0.05, 0.1) is 30.5 Å². The first-order chi connectivity index (χ1) is 28.6. The van der Waals surface area contributed by atoms with Gasteiger partial charge in [-0.15, -0.1) is 54.1 Å². The number of nitrogens with zero attached hydrogens (tertiary/aromatic N) is 4. The Balaban J connectivity index is 0.000000217. The maximum Gasteiger partial charge on any atom is 0.216 e. The number of aromatic nitrogens is 4. The topological polar surface area (TPSA) is 56.7 Å². The Bertz CT molecular complexity index is 3000. The summed E-state index contributed by atoms with van der Waals surface area (Å²) in [5.74, 6) is 1.45. The summed E-state index contributed by atoms with van der Waals surface area (Å²) in [6.45, 7) is 25.2. The molecule has 4 aromatic heterocycles. The van der Waals surface area contributed by atoms with Gasteiger partial charge in [-0.05, 0) is 93.7 Å². The van der Waals surface area contributed by atoms with E-state index in [1.54, 1.807) is 0 Å². The van der Waals surface area contributed by atoms with Crippen molar-refractivity contribution in [3.05, 3.63) is 150 Å². The second kappa shape index (κ2) is 17.3. The summed E-state index contributed by atoms with van der Waals surface area (Å²) in [4.78, 5) is 14.6. The second-order valence-electron chi connectivity index (χ2n) is 19.0. The maximum atomic E-state index is 6.44. The Labute approximate surface area is 376 Å². The summed E-state index contributed by atoms with van der Waals surface area (Å²) in [6.07, 6.45) is 3.21. The molecule has 0 unspecified atom stereocenters. The molecule has 0 saturated heterocycles. The van der Waals surface area contributed by atoms with Gasteiger partial charge in [0, 0.05) is 43.1 Å². The molecule has 0 aliphatic heterocycles. The van der Waals surface area contributed by atoms with Crippen molar-refractivity contribution in [3.8, 4) is 28.3 Å². The fraction of sp³-hybridized carbons (Fsp3) is 0.278. The number of furan rings is 1. The first kappa shape index (κ1) is 43.9. The van der Waals surface area contributed by atoms with Crippen LogP contribution in [0.15, 0.2) is 120 Å². The molecule has 4 heterocycles. The molecule has 0 spiro atoms. The predicted molar refractivity (Wildman–Crippen MR) is 255 cm³/mol. The SMILES string of the molecule is CC(C)(C)Cc1cc(-c2[c-]cccc2)ncc1[Si](C)(C)C.Cc1ccc2c(n1)oc1c(-c3nc4ccccc4n3-c3c(C(C)C)cc4ccccc4c3C(C)C)[c-]ccc12.[Ir]. The Morgan fingerprint density at radius 2 is 1.49 bits per heavy atom. The monoisotopic (exact) mass is 997 g/mol. The average Bonchev–Trinajstić information content (AvgIpc) is 3.77. The molecule has 1 radical (unpaired) electrons. The number of aryl methyl sites for hydroxylation is 1. The van der Waals surface area contributed by atoms with Crippen LogP contribution in [0.5, 0.6) is 0 Å². The minimum atomic E-state index is -1.37. The Morgan fingerprint density at radius 1 is 0.754 bits per heavy atom. The molecule has 0 aliphatic carbocycles. The van der Waals surface area contributed by atoms with Crippen LogP contribution in [0.4, 0.5) is 0 Å². The second-order valence-corrected chi connectivity index (χ2v) is 24.1. The number of imidazole rings is 1. The predicted octanol–water partition coefficient (Wildman–Crippen LogP) is 14.2. The molecule has 5 nitrogen and oxygen atoms in total. The van der Waals surface area contributed by atoms with E-state index in [-0.39, 0.29) is 25.5 Å². The molecule has 313 valence electrons. The van der Waals surface area contributed by atoms with E-state index in [0.717, 1.165) is 62.1 Å². The zero-order chi connectivity index (χ0) is 42.5. The number of rotatable bonds is 7. The molecule has 0 atom stereocenters. The van der Waals surface area contributed by atoms with Crippen LogP contribution >= 0.6 is 0 Å². The first-order valence-electron chi connectivity index (χ1n) is 21.3. The van der Waals surface area contributed by atoms with E-state index >= 15 is 0 Å². The summed E-state index contributed by atoms with van der Waals surface area (Å²) in [5.41, 5.74) is 12.9. The standard InChI is InChI=1S/C35H30N3O.C19H26NSi.Ir/c1-20(2)28-19-23-11-6-7-12-24(23)31(21(3)4)32(28)38-30-16-9-8-15-29(30)37-34(38)27-14-10-13-25-26-18-17-22(5)36-35(26)39-33(25)27;1-19(2,3)13-16-12-17(15-10-8-7-9-11-15)20-14-18(16)21(4,5)6;/h6-13,15-21H,1-5H3;7-10,12,14H,13H2,1-6H3;/q2*-1;. The third-order valence-corrected chi connectivity index (χ3v) is 13.3. The van der Waals surface area contributed by atoms with Crippen molar-refractivity contribution in [2.45, 2.75) is 93.3 Å². The van der Waals surface area contributed by atoms with Crippen molar-refractivity contribution in [2.75, 3.05) is 0 Å². The van der Waals surface area contributed by atoms with Crippen LogP contribution in [0.3, 0.4) is 0 Å². The molecule has 61 heavy (non-hydrogen) atoms. The normalized spacial score (nSPS) is 12.1. The van der Waals surface area contributed by atoms with E-state index in [0.29, 0.717) is 17.5 Å². The molecule has 9 rings (SSSR count). The van der Waals surface area contributed by atoms with Gasteiger partial charge in [0.25, 0.3) is 0 Å². The van der Waals surface area contributed by atoms with Crippen molar-refractivity contribution >= 4 is 57.1 Å². The minimum Gasteiger partial charge on any atom is -0.486 e. The van der Waals surface area contributed by atoms with Gasteiger partial charge in [-0.3, -0.25) is 4.98 Å². The van der Waals surface area contributed by atoms with E-state index in [2.05, 4.69) is 175 Å². The fourth-order valence-electron chi connectivity index (χ4n) is 8.55. The number of para-hydroxylation sites is 2. The first-order valence-corrected chi connectivity index (χ1v) is 24.8. The molecular formula is C54H56IrN4OSi-2. The van der Waals surface area contributed by atoms with Crippen LogP contribution in [-0.4, -0.2) is 27.6 Å².